The molecule has 2 aliphatic rings. The lowest BCUT2D eigenvalue weighted by Crippen LogP contribution is -2.45. The average molecular weight is 405 g/mol. The van der Waals surface area contributed by atoms with E-state index in [1.807, 2.05) is 17.9 Å². The third kappa shape index (κ3) is 5.84. The van der Waals surface area contributed by atoms with Crippen molar-refractivity contribution in [1.82, 2.24) is 15.5 Å². The molecule has 7 heteroatoms. The fraction of sp³-hybridized carbons (Fsp3) is 0.636. The van der Waals surface area contributed by atoms with Crippen LogP contribution in [0.4, 0.5) is 4.39 Å². The summed E-state index contributed by atoms with van der Waals surface area (Å²) in [6.45, 7) is 4.24. The van der Waals surface area contributed by atoms with Crippen molar-refractivity contribution in [1.29, 1.82) is 0 Å². The van der Waals surface area contributed by atoms with Crippen molar-refractivity contribution in [2.24, 2.45) is 10.9 Å². The standard InChI is InChI=1S/C22H33FN4O2/c1-3-29-20-10-9-16(13-19(20)23)14-25-22(24-2)26-18-11-12-27(15-18)21(28)17-7-5-4-6-8-17/h9-10,13,17-18H,3-8,11-12,14-15H2,1-2H3,(H2,24,25,26). The largest absolute Gasteiger partial charge is 0.491 e. The Labute approximate surface area is 172 Å². The molecule has 6 nitrogen and oxygen atoms in total. The maximum Gasteiger partial charge on any atom is 0.225 e. The number of rotatable bonds is 6. The summed E-state index contributed by atoms with van der Waals surface area (Å²) in [6.07, 6.45) is 6.60. The molecule has 2 fully saturated rings. The van der Waals surface area contributed by atoms with E-state index < -0.39 is 0 Å². The van der Waals surface area contributed by atoms with Crippen LogP contribution in [0.25, 0.3) is 0 Å². The fourth-order valence-electron chi connectivity index (χ4n) is 4.19. The summed E-state index contributed by atoms with van der Waals surface area (Å²) >= 11 is 0. The summed E-state index contributed by atoms with van der Waals surface area (Å²) in [5, 5.41) is 6.62. The van der Waals surface area contributed by atoms with Crippen molar-refractivity contribution < 1.29 is 13.9 Å². The zero-order valence-corrected chi connectivity index (χ0v) is 17.5. The van der Waals surface area contributed by atoms with E-state index in [4.69, 9.17) is 4.74 Å². The highest BCUT2D eigenvalue weighted by molar-refractivity contribution is 5.81. The maximum atomic E-state index is 14.0. The van der Waals surface area contributed by atoms with Gasteiger partial charge in [0.1, 0.15) is 0 Å². The molecule has 1 heterocycles. The molecule has 1 atom stereocenters. The Morgan fingerprint density at radius 3 is 2.76 bits per heavy atom. The van der Waals surface area contributed by atoms with Crippen LogP contribution in [0.3, 0.4) is 0 Å². The van der Waals surface area contributed by atoms with E-state index in [1.165, 1.54) is 25.3 Å². The summed E-state index contributed by atoms with van der Waals surface area (Å²) in [6, 6.07) is 5.16. The average Bonchev–Trinajstić information content (AvgIpc) is 3.21. The van der Waals surface area contributed by atoms with Gasteiger partial charge in [-0.1, -0.05) is 25.3 Å². The monoisotopic (exact) mass is 404 g/mol. The topological polar surface area (TPSA) is 66.0 Å². The Kier molecular flexibility index (Phi) is 7.72. The van der Waals surface area contributed by atoms with Crippen LogP contribution in [0, 0.1) is 11.7 Å². The molecule has 1 aromatic carbocycles. The molecule has 3 rings (SSSR count). The first-order chi connectivity index (χ1) is 14.1. The third-order valence-electron chi connectivity index (χ3n) is 5.77. The number of likely N-dealkylation sites (tertiary alicyclic amines) is 1. The molecule has 1 saturated carbocycles. The molecule has 1 saturated heterocycles. The Balaban J connectivity index is 1.47. The van der Waals surface area contributed by atoms with Gasteiger partial charge in [-0.25, -0.2) is 4.39 Å². The van der Waals surface area contributed by atoms with Crippen molar-refractivity contribution >= 4 is 11.9 Å². The van der Waals surface area contributed by atoms with Crippen LogP contribution in [-0.4, -0.2) is 49.6 Å². The van der Waals surface area contributed by atoms with E-state index in [0.29, 0.717) is 31.6 Å². The summed E-state index contributed by atoms with van der Waals surface area (Å²) in [4.78, 5) is 19.0. The molecule has 0 aromatic heterocycles. The molecule has 1 aliphatic carbocycles. The highest BCUT2D eigenvalue weighted by Gasteiger charge is 2.31. The molecule has 1 aliphatic heterocycles. The lowest BCUT2D eigenvalue weighted by atomic mass is 9.88. The van der Waals surface area contributed by atoms with Crippen molar-refractivity contribution in [2.75, 3.05) is 26.7 Å². The number of hydrogen-bond donors (Lipinski definition) is 2. The van der Waals surface area contributed by atoms with Gasteiger partial charge in [-0.3, -0.25) is 9.79 Å². The number of carbonyl (C=O) groups excluding carboxylic acids is 1. The van der Waals surface area contributed by atoms with E-state index in [0.717, 1.165) is 31.4 Å². The fourth-order valence-corrected chi connectivity index (χ4v) is 4.19. The number of amides is 1. The van der Waals surface area contributed by atoms with Crippen molar-refractivity contribution in [3.63, 3.8) is 0 Å². The Morgan fingerprint density at radius 2 is 2.07 bits per heavy atom. The SMILES string of the molecule is CCOc1ccc(CNC(=NC)NC2CCN(C(=O)C3CCCCC3)C2)cc1F. The number of hydrogen-bond acceptors (Lipinski definition) is 3. The summed E-state index contributed by atoms with van der Waals surface area (Å²) in [7, 11) is 1.72. The second-order valence-electron chi connectivity index (χ2n) is 7.87. The number of nitrogens with one attached hydrogen (secondary N) is 2. The van der Waals surface area contributed by atoms with Crippen molar-refractivity contribution in [3.05, 3.63) is 29.6 Å². The van der Waals surface area contributed by atoms with E-state index >= 15 is 0 Å². The van der Waals surface area contributed by atoms with Crippen molar-refractivity contribution in [3.8, 4) is 5.75 Å². The number of nitrogens with zero attached hydrogens (tertiary/aromatic N) is 2. The van der Waals surface area contributed by atoms with E-state index in [1.54, 1.807) is 13.1 Å². The van der Waals surface area contributed by atoms with Gasteiger partial charge in [-0.05, 0) is 43.9 Å². The Bertz CT molecular complexity index is 719. The van der Waals surface area contributed by atoms with Crippen LogP contribution in [0.5, 0.6) is 5.75 Å². The van der Waals surface area contributed by atoms with E-state index in [2.05, 4.69) is 15.6 Å². The van der Waals surface area contributed by atoms with E-state index in [9.17, 15) is 9.18 Å². The number of ether oxygens (including phenoxy) is 1. The molecule has 0 bridgehead atoms. The first-order valence-corrected chi connectivity index (χ1v) is 10.8. The molecule has 0 radical (unpaired) electrons. The minimum absolute atomic E-state index is 0.186. The predicted octanol–water partition coefficient (Wildman–Crippen LogP) is 3.07. The summed E-state index contributed by atoms with van der Waals surface area (Å²) < 4.78 is 19.2. The Morgan fingerprint density at radius 1 is 1.28 bits per heavy atom. The van der Waals surface area contributed by atoms with Crippen LogP contribution in [0.15, 0.2) is 23.2 Å². The number of carbonyl (C=O) groups is 1. The van der Waals surface area contributed by atoms with Gasteiger partial charge < -0.3 is 20.3 Å². The number of guanidine groups is 1. The zero-order valence-electron chi connectivity index (χ0n) is 17.5. The highest BCUT2D eigenvalue weighted by atomic mass is 19.1. The minimum Gasteiger partial charge on any atom is -0.491 e. The van der Waals surface area contributed by atoms with Crippen molar-refractivity contribution in [2.45, 2.75) is 58.0 Å². The Hall–Kier alpha value is -2.31. The predicted molar refractivity (Wildman–Crippen MR) is 112 cm³/mol. The van der Waals surface area contributed by atoms with Crippen LogP contribution in [-0.2, 0) is 11.3 Å². The van der Waals surface area contributed by atoms with Gasteiger partial charge in [0.05, 0.1) is 6.61 Å². The van der Waals surface area contributed by atoms with Gasteiger partial charge in [-0.15, -0.1) is 0 Å². The third-order valence-corrected chi connectivity index (χ3v) is 5.77. The quantitative estimate of drug-likeness (QED) is 0.565. The van der Waals surface area contributed by atoms with Crippen LogP contribution in [0.1, 0.15) is 51.0 Å². The first kappa shape index (κ1) is 21.4. The zero-order chi connectivity index (χ0) is 20.6. The van der Waals surface area contributed by atoms with Crippen LogP contribution >= 0.6 is 0 Å². The summed E-state index contributed by atoms with van der Waals surface area (Å²) in [5.41, 5.74) is 0.814. The van der Waals surface area contributed by atoms with Gasteiger partial charge in [0, 0.05) is 38.6 Å². The number of benzene rings is 1. The lowest BCUT2D eigenvalue weighted by molar-refractivity contribution is -0.135. The van der Waals surface area contributed by atoms with E-state index in [-0.39, 0.29) is 23.5 Å². The number of halogens is 1. The van der Waals surface area contributed by atoms with Crippen LogP contribution < -0.4 is 15.4 Å². The second kappa shape index (κ2) is 10.5. The van der Waals surface area contributed by atoms with Gasteiger partial charge in [0.15, 0.2) is 17.5 Å². The normalized spacial score (nSPS) is 20.6. The molecular weight excluding hydrogens is 371 g/mol. The molecular formula is C22H33FN4O2. The summed E-state index contributed by atoms with van der Waals surface area (Å²) in [5.74, 6) is 1.11. The number of aliphatic imine (C=N–C) groups is 1. The van der Waals surface area contributed by atoms with Gasteiger partial charge in [0.25, 0.3) is 0 Å². The second-order valence-corrected chi connectivity index (χ2v) is 7.87. The molecule has 1 aromatic rings. The molecule has 29 heavy (non-hydrogen) atoms. The first-order valence-electron chi connectivity index (χ1n) is 10.8. The molecule has 160 valence electrons. The van der Waals surface area contributed by atoms with Gasteiger partial charge >= 0.3 is 0 Å². The maximum absolute atomic E-state index is 14.0. The molecule has 0 spiro atoms. The minimum atomic E-state index is -0.359. The molecule has 1 unspecified atom stereocenters. The van der Waals surface area contributed by atoms with Gasteiger partial charge in [0.2, 0.25) is 5.91 Å². The lowest BCUT2D eigenvalue weighted by Gasteiger charge is -2.26. The molecule has 1 amide bonds. The smallest absolute Gasteiger partial charge is 0.225 e. The van der Waals surface area contributed by atoms with Gasteiger partial charge in [-0.2, -0.15) is 0 Å². The van der Waals surface area contributed by atoms with Crippen LogP contribution in [0.2, 0.25) is 0 Å². The molecule has 2 N–H and O–H groups in total. The highest BCUT2D eigenvalue weighted by Crippen LogP contribution is 2.26.